The van der Waals surface area contributed by atoms with Crippen LogP contribution in [-0.4, -0.2) is 57.0 Å². The summed E-state index contributed by atoms with van der Waals surface area (Å²) in [6, 6.07) is 7.74. The van der Waals surface area contributed by atoms with Gasteiger partial charge in [-0.25, -0.2) is 19.9 Å². The van der Waals surface area contributed by atoms with Gasteiger partial charge in [-0.05, 0) is 56.5 Å². The van der Waals surface area contributed by atoms with E-state index in [0.717, 1.165) is 41.2 Å². The minimum atomic E-state index is -0.254. The quantitative estimate of drug-likeness (QED) is 0.638. The van der Waals surface area contributed by atoms with Gasteiger partial charge in [0.15, 0.2) is 5.82 Å². The number of carbonyl (C=O) groups is 1. The summed E-state index contributed by atoms with van der Waals surface area (Å²) < 4.78 is 5.23. The van der Waals surface area contributed by atoms with E-state index in [-0.39, 0.29) is 17.9 Å². The summed E-state index contributed by atoms with van der Waals surface area (Å²) in [7, 11) is 1.58. The zero-order valence-electron chi connectivity index (χ0n) is 18.9. The van der Waals surface area contributed by atoms with Crippen LogP contribution >= 0.6 is 0 Å². The minimum Gasteiger partial charge on any atom is -0.481 e. The maximum absolute atomic E-state index is 13.2. The Morgan fingerprint density at radius 3 is 2.72 bits per heavy atom. The Bertz CT molecular complexity index is 1100. The lowest BCUT2D eigenvalue weighted by molar-refractivity contribution is -0.131. The van der Waals surface area contributed by atoms with Crippen LogP contribution in [0.25, 0.3) is 11.4 Å². The number of hydrogen-bond donors (Lipinski definition) is 1. The fourth-order valence-corrected chi connectivity index (χ4v) is 4.11. The molecule has 8 heteroatoms. The molecule has 0 aromatic carbocycles. The second-order valence-corrected chi connectivity index (χ2v) is 8.12. The molecule has 1 amide bonds. The van der Waals surface area contributed by atoms with Crippen molar-refractivity contribution in [3.63, 3.8) is 0 Å². The third-order valence-electron chi connectivity index (χ3n) is 5.91. The number of nitrogens with one attached hydrogen (secondary N) is 1. The molecular weight excluding hydrogens is 404 g/mol. The highest BCUT2D eigenvalue weighted by Crippen LogP contribution is 2.27. The van der Waals surface area contributed by atoms with E-state index >= 15 is 0 Å². The molecule has 1 saturated heterocycles. The molecule has 0 unspecified atom stereocenters. The van der Waals surface area contributed by atoms with Crippen molar-refractivity contribution in [3.8, 4) is 17.3 Å². The van der Waals surface area contributed by atoms with Gasteiger partial charge in [0.05, 0.1) is 18.7 Å². The van der Waals surface area contributed by atoms with E-state index in [4.69, 9.17) is 4.74 Å². The van der Waals surface area contributed by atoms with Crippen LogP contribution in [0.5, 0.6) is 5.88 Å². The largest absolute Gasteiger partial charge is 0.481 e. The molecule has 0 bridgehead atoms. The molecule has 1 aliphatic rings. The normalized spacial score (nSPS) is 16.6. The Balaban J connectivity index is 1.40. The molecule has 4 rings (SSSR count). The van der Waals surface area contributed by atoms with E-state index in [1.54, 1.807) is 31.8 Å². The molecule has 166 valence electrons. The van der Waals surface area contributed by atoms with Crippen LogP contribution < -0.4 is 10.1 Å². The van der Waals surface area contributed by atoms with Gasteiger partial charge in [-0.2, -0.15) is 0 Å². The van der Waals surface area contributed by atoms with Gasteiger partial charge >= 0.3 is 0 Å². The molecule has 0 radical (unpaired) electrons. The second kappa shape index (κ2) is 9.30. The molecule has 4 heterocycles. The van der Waals surface area contributed by atoms with Crippen LogP contribution in [0.3, 0.4) is 0 Å². The van der Waals surface area contributed by atoms with Gasteiger partial charge in [-0.1, -0.05) is 0 Å². The standard InChI is InChI=1S/C24H28N6O2/c1-15-13-27-22(32-4)12-20(15)16(2)24(31)30-11-8-18(14-30)29-21-7-6-19(17(3)28-21)23-25-9-5-10-26-23/h5-7,9-10,12-13,16,18H,8,11,14H2,1-4H3,(H,28,29)/t16-,18+/m1/s1. The molecule has 3 aromatic rings. The number of nitrogens with zero attached hydrogens (tertiary/aromatic N) is 5. The van der Waals surface area contributed by atoms with Crippen LogP contribution in [0.15, 0.2) is 42.9 Å². The van der Waals surface area contributed by atoms with Crippen molar-refractivity contribution in [1.29, 1.82) is 0 Å². The zero-order chi connectivity index (χ0) is 22.7. The van der Waals surface area contributed by atoms with Crippen molar-refractivity contribution >= 4 is 11.7 Å². The number of anilines is 1. The first kappa shape index (κ1) is 21.7. The zero-order valence-corrected chi connectivity index (χ0v) is 18.9. The van der Waals surface area contributed by atoms with Gasteiger partial charge in [0.25, 0.3) is 0 Å². The summed E-state index contributed by atoms with van der Waals surface area (Å²) >= 11 is 0. The Labute approximate surface area is 188 Å². The van der Waals surface area contributed by atoms with Crippen LogP contribution in [0.1, 0.15) is 36.1 Å². The summed E-state index contributed by atoms with van der Waals surface area (Å²) in [5.41, 5.74) is 3.72. The molecule has 0 spiro atoms. The molecule has 1 aliphatic heterocycles. The lowest BCUT2D eigenvalue weighted by Gasteiger charge is -2.23. The monoisotopic (exact) mass is 432 g/mol. The average Bonchev–Trinajstić information content (AvgIpc) is 3.27. The lowest BCUT2D eigenvalue weighted by atomic mass is 9.97. The third kappa shape index (κ3) is 4.54. The minimum absolute atomic E-state index is 0.117. The molecule has 0 saturated carbocycles. The van der Waals surface area contributed by atoms with E-state index in [9.17, 15) is 4.79 Å². The predicted molar refractivity (Wildman–Crippen MR) is 123 cm³/mol. The highest BCUT2D eigenvalue weighted by molar-refractivity contribution is 5.84. The number of aromatic nitrogens is 4. The summed E-state index contributed by atoms with van der Waals surface area (Å²) in [5.74, 6) is 1.85. The Kier molecular flexibility index (Phi) is 6.30. The molecular formula is C24H28N6O2. The second-order valence-electron chi connectivity index (χ2n) is 8.12. The molecule has 2 atom stereocenters. The van der Waals surface area contributed by atoms with Crippen molar-refractivity contribution in [2.45, 2.75) is 39.2 Å². The summed E-state index contributed by atoms with van der Waals surface area (Å²) in [5, 5.41) is 3.48. The summed E-state index contributed by atoms with van der Waals surface area (Å²) in [4.78, 5) is 32.6. The highest BCUT2D eigenvalue weighted by atomic mass is 16.5. The number of aryl methyl sites for hydroxylation is 2. The van der Waals surface area contributed by atoms with E-state index in [2.05, 4.69) is 25.3 Å². The number of amides is 1. The lowest BCUT2D eigenvalue weighted by Crippen LogP contribution is -2.34. The molecule has 1 fully saturated rings. The number of rotatable bonds is 6. The highest BCUT2D eigenvalue weighted by Gasteiger charge is 2.30. The van der Waals surface area contributed by atoms with Crippen LogP contribution in [-0.2, 0) is 4.79 Å². The van der Waals surface area contributed by atoms with Crippen molar-refractivity contribution < 1.29 is 9.53 Å². The van der Waals surface area contributed by atoms with Crippen molar-refractivity contribution in [2.75, 3.05) is 25.5 Å². The SMILES string of the molecule is COc1cc([C@@H](C)C(=O)N2CC[C@H](Nc3ccc(-c4ncccn4)c(C)n3)C2)c(C)cn1. The molecule has 32 heavy (non-hydrogen) atoms. The third-order valence-corrected chi connectivity index (χ3v) is 5.91. The number of ether oxygens (including phenoxy) is 1. The first-order valence-corrected chi connectivity index (χ1v) is 10.8. The van der Waals surface area contributed by atoms with Crippen molar-refractivity contribution in [3.05, 3.63) is 59.7 Å². The smallest absolute Gasteiger partial charge is 0.229 e. The predicted octanol–water partition coefficient (Wildman–Crippen LogP) is 3.38. The van der Waals surface area contributed by atoms with E-state index < -0.39 is 0 Å². The first-order chi connectivity index (χ1) is 15.5. The summed E-state index contributed by atoms with van der Waals surface area (Å²) in [6.45, 7) is 7.23. The van der Waals surface area contributed by atoms with Crippen LogP contribution in [0.4, 0.5) is 5.82 Å². The first-order valence-electron chi connectivity index (χ1n) is 10.8. The van der Waals surface area contributed by atoms with Gasteiger partial charge < -0.3 is 15.0 Å². The molecule has 0 aliphatic carbocycles. The van der Waals surface area contributed by atoms with E-state index in [0.29, 0.717) is 18.2 Å². The molecule has 8 nitrogen and oxygen atoms in total. The topological polar surface area (TPSA) is 93.1 Å². The van der Waals surface area contributed by atoms with Gasteiger partial charge in [0, 0.05) is 49.4 Å². The Hall–Kier alpha value is -3.55. The fourth-order valence-electron chi connectivity index (χ4n) is 4.11. The number of methoxy groups -OCH3 is 1. The maximum atomic E-state index is 13.2. The average molecular weight is 433 g/mol. The maximum Gasteiger partial charge on any atom is 0.229 e. The van der Waals surface area contributed by atoms with Gasteiger partial charge in [-0.3, -0.25) is 4.79 Å². The number of likely N-dealkylation sites (tertiary alicyclic amines) is 1. The molecule has 1 N–H and O–H groups in total. The van der Waals surface area contributed by atoms with E-state index in [1.165, 1.54) is 0 Å². The fraction of sp³-hybridized carbons (Fsp3) is 0.375. The number of pyridine rings is 2. The van der Waals surface area contributed by atoms with Gasteiger partial charge in [0.2, 0.25) is 11.8 Å². The Morgan fingerprint density at radius 2 is 2.00 bits per heavy atom. The molecule has 3 aromatic heterocycles. The van der Waals surface area contributed by atoms with E-state index in [1.807, 2.05) is 43.9 Å². The van der Waals surface area contributed by atoms with Crippen LogP contribution in [0, 0.1) is 13.8 Å². The Morgan fingerprint density at radius 1 is 1.22 bits per heavy atom. The van der Waals surface area contributed by atoms with Crippen molar-refractivity contribution in [1.82, 2.24) is 24.8 Å². The number of hydrogen-bond acceptors (Lipinski definition) is 7. The van der Waals surface area contributed by atoms with Gasteiger partial charge in [0.1, 0.15) is 5.82 Å². The van der Waals surface area contributed by atoms with Gasteiger partial charge in [-0.15, -0.1) is 0 Å². The van der Waals surface area contributed by atoms with Crippen LogP contribution in [0.2, 0.25) is 0 Å². The van der Waals surface area contributed by atoms with Crippen molar-refractivity contribution in [2.24, 2.45) is 0 Å². The summed E-state index contributed by atoms with van der Waals surface area (Å²) in [6.07, 6.45) is 6.08. The number of carbonyl (C=O) groups excluding carboxylic acids is 1.